The minimum Gasteiger partial charge on any atom is -0.481 e. The van der Waals surface area contributed by atoms with E-state index >= 15 is 0 Å². The molecule has 0 spiro atoms. The molecule has 2 atom stereocenters. The van der Waals surface area contributed by atoms with Crippen LogP contribution in [0, 0.1) is 0 Å². The summed E-state index contributed by atoms with van der Waals surface area (Å²) in [5, 5.41) is 32.0. The summed E-state index contributed by atoms with van der Waals surface area (Å²) in [6.07, 6.45) is -1.29. The number of carboxylic acid groups (broad SMARTS) is 3. The van der Waals surface area contributed by atoms with Crippen LogP contribution < -0.4 is 0 Å². The van der Waals surface area contributed by atoms with Crippen LogP contribution in [0.15, 0.2) is 0 Å². The molecule has 0 saturated heterocycles. The zero-order valence-electron chi connectivity index (χ0n) is 6.68. The first-order chi connectivity index (χ1) is 6.21. The number of hydrogen-bond acceptors (Lipinski definition) is 4. The highest BCUT2D eigenvalue weighted by molar-refractivity contribution is 6.32. The molecule has 0 saturated carbocycles. The number of rotatable bonds is 5. The number of halogens is 1. The number of carboxylic acids is 3. The molecule has 4 N–H and O–H groups in total. The summed E-state index contributed by atoms with van der Waals surface area (Å²) in [7, 11) is 0. The molecular weight excluding hydrogens is 220 g/mol. The van der Waals surface area contributed by atoms with Crippen molar-refractivity contribution in [2.24, 2.45) is 0 Å². The molecule has 0 amide bonds. The predicted octanol–water partition coefficient (Wildman–Crippen LogP) is -1.03. The van der Waals surface area contributed by atoms with Crippen LogP contribution in [-0.2, 0) is 14.4 Å². The summed E-state index contributed by atoms with van der Waals surface area (Å²) in [6.45, 7) is 0. The van der Waals surface area contributed by atoms with Gasteiger partial charge >= 0.3 is 17.9 Å². The van der Waals surface area contributed by atoms with Gasteiger partial charge in [-0.05, 0) is 0 Å². The molecule has 0 radical (unpaired) electrons. The van der Waals surface area contributed by atoms with Crippen molar-refractivity contribution in [1.29, 1.82) is 0 Å². The molecule has 0 aromatic heterocycles. The molecule has 0 aromatic rings. The van der Waals surface area contributed by atoms with E-state index in [1.165, 1.54) is 0 Å². The van der Waals surface area contributed by atoms with Gasteiger partial charge in [0.1, 0.15) is 0 Å². The summed E-state index contributed by atoms with van der Waals surface area (Å²) < 4.78 is 0. The number of carbonyl (C=O) groups is 3. The van der Waals surface area contributed by atoms with Gasteiger partial charge in [-0.3, -0.25) is 9.59 Å². The molecule has 0 rings (SSSR count). The minimum absolute atomic E-state index is 1.29. The quantitative estimate of drug-likeness (QED) is 0.441. The molecule has 0 heterocycles. The summed E-state index contributed by atoms with van der Waals surface area (Å²) in [5.74, 6) is -5.47. The SMILES string of the molecule is O=C(O)C[C@](O)(C(=O)O)[C@@H](Cl)C(=O)O. The molecule has 14 heavy (non-hydrogen) atoms. The lowest BCUT2D eigenvalue weighted by atomic mass is 9.95. The topological polar surface area (TPSA) is 132 Å². The van der Waals surface area contributed by atoms with E-state index in [0.29, 0.717) is 0 Å². The first-order valence-corrected chi connectivity index (χ1v) is 3.70. The van der Waals surface area contributed by atoms with Crippen molar-refractivity contribution >= 4 is 29.5 Å². The average Bonchev–Trinajstić information content (AvgIpc) is 2.00. The fourth-order valence-electron chi connectivity index (χ4n) is 0.708. The van der Waals surface area contributed by atoms with Crippen molar-refractivity contribution in [3.63, 3.8) is 0 Å². The molecule has 0 unspecified atom stereocenters. The van der Waals surface area contributed by atoms with Crippen molar-refractivity contribution in [3.05, 3.63) is 0 Å². The molecular formula is C6H7ClO7. The molecule has 0 aliphatic heterocycles. The van der Waals surface area contributed by atoms with Crippen LogP contribution in [0.5, 0.6) is 0 Å². The van der Waals surface area contributed by atoms with Gasteiger partial charge in [0.05, 0.1) is 6.42 Å². The summed E-state index contributed by atoms with van der Waals surface area (Å²) in [5.41, 5.74) is -3.01. The Balaban J connectivity index is 4.99. The smallest absolute Gasteiger partial charge is 0.338 e. The van der Waals surface area contributed by atoms with E-state index in [-0.39, 0.29) is 0 Å². The van der Waals surface area contributed by atoms with Crippen molar-refractivity contribution in [1.82, 2.24) is 0 Å². The van der Waals surface area contributed by atoms with Gasteiger partial charge in [-0.25, -0.2) is 4.79 Å². The Labute approximate surface area is 82.5 Å². The second kappa shape index (κ2) is 4.25. The van der Waals surface area contributed by atoms with Crippen LogP contribution in [0.2, 0.25) is 0 Å². The maximum absolute atomic E-state index is 10.4. The standard InChI is InChI=1S/C6H7ClO7/c7-3(4(10)11)6(14,5(12)13)1-2(8)9/h3,14H,1H2,(H,8,9)(H,10,11)(H,12,13)/t3-,6+/m0/s1. The van der Waals surface area contributed by atoms with Gasteiger partial charge in [0.2, 0.25) is 0 Å². The van der Waals surface area contributed by atoms with E-state index in [4.69, 9.17) is 26.9 Å². The molecule has 0 aliphatic rings. The number of aliphatic hydroxyl groups is 1. The molecule has 0 aromatic carbocycles. The van der Waals surface area contributed by atoms with E-state index in [0.717, 1.165) is 0 Å². The highest BCUT2D eigenvalue weighted by Gasteiger charge is 2.49. The van der Waals surface area contributed by atoms with Crippen LogP contribution in [0.1, 0.15) is 6.42 Å². The number of hydrogen-bond donors (Lipinski definition) is 4. The van der Waals surface area contributed by atoms with Crippen molar-refractivity contribution in [2.45, 2.75) is 17.4 Å². The minimum atomic E-state index is -3.01. The number of aliphatic carboxylic acids is 3. The molecule has 0 aliphatic carbocycles. The van der Waals surface area contributed by atoms with Gasteiger partial charge in [-0.2, -0.15) is 0 Å². The molecule has 7 nitrogen and oxygen atoms in total. The monoisotopic (exact) mass is 226 g/mol. The second-order valence-corrected chi connectivity index (χ2v) is 2.94. The van der Waals surface area contributed by atoms with Crippen molar-refractivity contribution in [2.75, 3.05) is 0 Å². The second-order valence-electron chi connectivity index (χ2n) is 2.50. The summed E-state index contributed by atoms with van der Waals surface area (Å²) >= 11 is 5.07. The summed E-state index contributed by atoms with van der Waals surface area (Å²) in [4.78, 5) is 30.9. The van der Waals surface area contributed by atoms with Gasteiger partial charge in [-0.1, -0.05) is 0 Å². The van der Waals surface area contributed by atoms with Crippen LogP contribution in [0.25, 0.3) is 0 Å². The molecule has 8 heteroatoms. The lowest BCUT2D eigenvalue weighted by Gasteiger charge is -2.23. The first-order valence-electron chi connectivity index (χ1n) is 3.26. The average molecular weight is 227 g/mol. The zero-order chi connectivity index (χ0) is 11.5. The van der Waals surface area contributed by atoms with Crippen molar-refractivity contribution < 1.29 is 34.8 Å². The third kappa shape index (κ3) is 2.57. The van der Waals surface area contributed by atoms with Crippen LogP contribution in [-0.4, -0.2) is 49.3 Å². The Morgan fingerprint density at radius 1 is 1.21 bits per heavy atom. The Kier molecular flexibility index (Phi) is 3.84. The van der Waals surface area contributed by atoms with E-state index in [9.17, 15) is 19.5 Å². The third-order valence-corrected chi connectivity index (χ3v) is 1.97. The first kappa shape index (κ1) is 12.7. The fourth-order valence-corrected chi connectivity index (χ4v) is 0.879. The van der Waals surface area contributed by atoms with Gasteiger partial charge < -0.3 is 20.4 Å². The van der Waals surface area contributed by atoms with E-state index in [1.54, 1.807) is 0 Å². The van der Waals surface area contributed by atoms with Crippen LogP contribution >= 0.6 is 11.6 Å². The van der Waals surface area contributed by atoms with E-state index < -0.39 is 35.3 Å². The highest BCUT2D eigenvalue weighted by Crippen LogP contribution is 2.21. The Bertz CT molecular complexity index is 275. The lowest BCUT2D eigenvalue weighted by molar-refractivity contribution is -0.169. The maximum atomic E-state index is 10.4. The third-order valence-electron chi connectivity index (χ3n) is 1.43. The normalized spacial score (nSPS) is 16.7. The predicted molar refractivity (Wildman–Crippen MR) is 42.1 cm³/mol. The summed E-state index contributed by atoms with van der Waals surface area (Å²) in [6, 6.07) is 0. The van der Waals surface area contributed by atoms with E-state index in [2.05, 4.69) is 0 Å². The van der Waals surface area contributed by atoms with Gasteiger partial charge in [-0.15, -0.1) is 11.6 Å². The van der Waals surface area contributed by atoms with Gasteiger partial charge in [0, 0.05) is 0 Å². The van der Waals surface area contributed by atoms with Gasteiger partial charge in [0.25, 0.3) is 0 Å². The Morgan fingerprint density at radius 2 is 1.64 bits per heavy atom. The molecule has 0 fully saturated rings. The fraction of sp³-hybridized carbons (Fsp3) is 0.500. The lowest BCUT2D eigenvalue weighted by Crippen LogP contribution is -2.51. The number of alkyl halides is 1. The van der Waals surface area contributed by atoms with Crippen molar-refractivity contribution in [3.8, 4) is 0 Å². The van der Waals surface area contributed by atoms with Gasteiger partial charge in [0.15, 0.2) is 11.0 Å². The van der Waals surface area contributed by atoms with E-state index in [1.807, 2.05) is 0 Å². The molecule has 80 valence electrons. The van der Waals surface area contributed by atoms with Crippen LogP contribution in [0.4, 0.5) is 0 Å². The molecule has 0 bridgehead atoms. The largest absolute Gasteiger partial charge is 0.481 e. The highest BCUT2D eigenvalue weighted by atomic mass is 35.5. The Hall–Kier alpha value is -1.34. The zero-order valence-corrected chi connectivity index (χ0v) is 7.43. The maximum Gasteiger partial charge on any atom is 0.338 e. The Morgan fingerprint density at radius 3 is 1.86 bits per heavy atom. The van der Waals surface area contributed by atoms with Crippen LogP contribution in [0.3, 0.4) is 0 Å².